The minimum Gasteiger partial charge on any atom is -0.595 e. The van der Waals surface area contributed by atoms with Crippen molar-refractivity contribution in [1.82, 2.24) is 0 Å². The lowest BCUT2D eigenvalue weighted by Crippen LogP contribution is -2.99. The molecule has 3 aliphatic rings. The fraction of sp³-hybridized carbons (Fsp3) is 0.611. The van der Waals surface area contributed by atoms with Crippen molar-refractivity contribution < 1.29 is 43.6 Å². The normalized spacial score (nSPS) is 36.4. The van der Waals surface area contributed by atoms with Crippen LogP contribution in [0.5, 0.6) is 5.75 Å². The van der Waals surface area contributed by atoms with Gasteiger partial charge in [-0.2, -0.15) is 5.23 Å². The number of fused-ring (bicyclic) bond motifs is 3. The van der Waals surface area contributed by atoms with Crippen LogP contribution in [0, 0.1) is 5.21 Å². The molecule has 10 nitrogen and oxygen atoms in total. The molecule has 0 amide bonds. The molecule has 3 heterocycles. The first-order chi connectivity index (χ1) is 13.0. The van der Waals surface area contributed by atoms with Crippen LogP contribution in [0.4, 0.5) is 5.69 Å². The Balaban J connectivity index is 1.53. The van der Waals surface area contributed by atoms with Crippen molar-refractivity contribution in [1.29, 1.82) is 0 Å². The molecule has 1 unspecified atom stereocenters. The maximum Gasteiger partial charge on any atom is 0.343 e. The summed E-state index contributed by atoms with van der Waals surface area (Å²) in [6.07, 6.45) is -3.74. The molecule has 3 fully saturated rings. The van der Waals surface area contributed by atoms with E-state index in [4.69, 9.17) is 33.6 Å². The third-order valence-corrected chi connectivity index (χ3v) is 4.71. The number of ether oxygens (including phenoxy) is 6. The van der Waals surface area contributed by atoms with Gasteiger partial charge in [-0.05, 0) is 39.8 Å². The lowest BCUT2D eigenvalue weighted by molar-refractivity contribution is -0.991. The molecule has 1 aromatic rings. The van der Waals surface area contributed by atoms with Gasteiger partial charge >= 0.3 is 5.97 Å². The molecule has 0 aromatic heterocycles. The Hall–Kier alpha value is -1.63. The molecule has 1 aromatic carbocycles. The summed E-state index contributed by atoms with van der Waals surface area (Å²) in [7, 11) is 0. The molecule has 154 valence electrons. The van der Waals surface area contributed by atoms with E-state index < -0.39 is 53.5 Å². The Morgan fingerprint density at radius 1 is 1.00 bits per heavy atom. The Morgan fingerprint density at radius 3 is 2.21 bits per heavy atom. The summed E-state index contributed by atoms with van der Waals surface area (Å²) < 4.78 is 34.7. The van der Waals surface area contributed by atoms with Gasteiger partial charge in [0, 0.05) is 12.1 Å². The monoisotopic (exact) mass is 397 g/mol. The molecule has 0 spiro atoms. The number of carbonyl (C=O) groups is 1. The predicted octanol–water partition coefficient (Wildman–Crippen LogP) is 0.392. The topological polar surface area (TPSA) is 120 Å². The van der Waals surface area contributed by atoms with E-state index in [0.717, 1.165) is 0 Å². The summed E-state index contributed by atoms with van der Waals surface area (Å²) in [5, 5.41) is 18.8. The third kappa shape index (κ3) is 3.65. The van der Waals surface area contributed by atoms with E-state index in [0.29, 0.717) is 0 Å². The van der Waals surface area contributed by atoms with Gasteiger partial charge in [0.25, 0.3) is 0 Å². The molecule has 3 aliphatic heterocycles. The molecule has 2 N–H and O–H groups in total. The molecule has 0 radical (unpaired) electrons. The number of benzene rings is 1. The summed E-state index contributed by atoms with van der Waals surface area (Å²) in [4.78, 5) is 12.8. The molecule has 0 aliphatic carbocycles. The minimum absolute atomic E-state index is 0.0876. The maximum absolute atomic E-state index is 12.8. The Bertz CT molecular complexity index is 748. The van der Waals surface area contributed by atoms with Crippen molar-refractivity contribution in [2.75, 3.05) is 0 Å². The quantitative estimate of drug-likeness (QED) is 0.424. The standard InChI is InChI=1S/C18H23NO9/c1-17(2)25-11-12(26-17)14-16(28-18(3,4)27-14)24-13(11)15(20)23-10-7-5-9(6-8-10)19(21)22/h5-8,11-14,16,19,21H,1-4H3/t11-,12-,13+,14-,16+/m1/s1. The zero-order valence-corrected chi connectivity index (χ0v) is 15.9. The maximum atomic E-state index is 12.8. The van der Waals surface area contributed by atoms with Gasteiger partial charge in [0.2, 0.25) is 0 Å². The summed E-state index contributed by atoms with van der Waals surface area (Å²) >= 11 is 0. The number of nitrogens with one attached hydrogen (secondary N) is 1. The number of quaternary nitrogens is 1. The summed E-state index contributed by atoms with van der Waals surface area (Å²) in [5.74, 6) is -2.31. The zero-order chi connectivity index (χ0) is 20.3. The molecule has 6 atom stereocenters. The molecular weight excluding hydrogens is 374 g/mol. The molecule has 28 heavy (non-hydrogen) atoms. The van der Waals surface area contributed by atoms with Gasteiger partial charge in [-0.25, -0.2) is 10.0 Å². The van der Waals surface area contributed by atoms with E-state index in [1.54, 1.807) is 27.7 Å². The second-order valence-corrected chi connectivity index (χ2v) is 7.84. The van der Waals surface area contributed by atoms with E-state index in [2.05, 4.69) is 0 Å². The highest BCUT2D eigenvalue weighted by molar-refractivity contribution is 5.78. The van der Waals surface area contributed by atoms with Crippen molar-refractivity contribution >= 4 is 11.7 Å². The molecule has 4 rings (SSSR count). The van der Waals surface area contributed by atoms with Crippen LogP contribution in [-0.4, -0.2) is 53.5 Å². The molecule has 0 saturated carbocycles. The average Bonchev–Trinajstić information content (AvgIpc) is 3.08. The predicted molar refractivity (Wildman–Crippen MR) is 90.4 cm³/mol. The highest BCUT2D eigenvalue weighted by Crippen LogP contribution is 2.44. The summed E-state index contributed by atoms with van der Waals surface area (Å²) in [5.41, 5.74) is 0.0876. The highest BCUT2D eigenvalue weighted by Gasteiger charge is 2.62. The van der Waals surface area contributed by atoms with Crippen LogP contribution in [0.1, 0.15) is 27.7 Å². The number of rotatable bonds is 3. The first-order valence-corrected chi connectivity index (χ1v) is 8.96. The van der Waals surface area contributed by atoms with Gasteiger partial charge in [-0.3, -0.25) is 0 Å². The number of esters is 1. The number of carbonyl (C=O) groups excluding carboxylic acids is 1. The lowest BCUT2D eigenvalue weighted by atomic mass is 9.99. The van der Waals surface area contributed by atoms with Crippen molar-refractivity contribution in [2.24, 2.45) is 0 Å². The van der Waals surface area contributed by atoms with Crippen molar-refractivity contribution in [3.8, 4) is 5.75 Å². The average molecular weight is 397 g/mol. The van der Waals surface area contributed by atoms with Crippen LogP contribution in [-0.2, 0) is 28.5 Å². The van der Waals surface area contributed by atoms with E-state index >= 15 is 0 Å². The fourth-order valence-electron chi connectivity index (χ4n) is 3.64. The first kappa shape index (κ1) is 19.7. The van der Waals surface area contributed by atoms with E-state index in [-0.39, 0.29) is 11.4 Å². The lowest BCUT2D eigenvalue weighted by Gasteiger charge is -2.35. The van der Waals surface area contributed by atoms with Gasteiger partial charge in [0.05, 0.1) is 0 Å². The van der Waals surface area contributed by atoms with Crippen LogP contribution in [0.2, 0.25) is 0 Å². The molecular formula is C18H23NO9. The largest absolute Gasteiger partial charge is 0.595 e. The van der Waals surface area contributed by atoms with E-state index in [1.807, 2.05) is 0 Å². The van der Waals surface area contributed by atoms with Gasteiger partial charge < -0.3 is 33.6 Å². The van der Waals surface area contributed by atoms with E-state index in [1.165, 1.54) is 24.3 Å². The number of hydrogen-bond donors (Lipinski definition) is 2. The fourth-order valence-corrected chi connectivity index (χ4v) is 3.64. The first-order valence-electron chi connectivity index (χ1n) is 8.96. The van der Waals surface area contributed by atoms with Gasteiger partial charge in [-0.15, -0.1) is 0 Å². The van der Waals surface area contributed by atoms with Crippen molar-refractivity contribution in [3.05, 3.63) is 29.5 Å². The molecule has 10 heteroatoms. The Kier molecular flexibility index (Phi) is 4.72. The van der Waals surface area contributed by atoms with Crippen LogP contribution in [0.15, 0.2) is 24.3 Å². The second-order valence-electron chi connectivity index (χ2n) is 7.84. The van der Waals surface area contributed by atoms with Crippen molar-refractivity contribution in [2.45, 2.75) is 70.0 Å². The van der Waals surface area contributed by atoms with Crippen LogP contribution >= 0.6 is 0 Å². The summed E-state index contributed by atoms with van der Waals surface area (Å²) in [6, 6.07) is 5.50. The van der Waals surface area contributed by atoms with Gasteiger partial charge in [0.15, 0.2) is 29.7 Å². The smallest absolute Gasteiger partial charge is 0.343 e. The Labute approximate surface area is 161 Å². The van der Waals surface area contributed by atoms with Crippen LogP contribution in [0.25, 0.3) is 0 Å². The molecule has 3 saturated heterocycles. The second kappa shape index (κ2) is 6.71. The number of hydrogen-bond acceptors (Lipinski definition) is 9. The van der Waals surface area contributed by atoms with Gasteiger partial charge in [0.1, 0.15) is 24.1 Å². The highest BCUT2D eigenvalue weighted by atomic mass is 16.9. The zero-order valence-electron chi connectivity index (χ0n) is 15.9. The molecule has 0 bridgehead atoms. The minimum atomic E-state index is -1.09. The van der Waals surface area contributed by atoms with Crippen LogP contribution in [0.3, 0.4) is 0 Å². The van der Waals surface area contributed by atoms with Crippen molar-refractivity contribution in [3.63, 3.8) is 0 Å². The summed E-state index contributed by atoms with van der Waals surface area (Å²) in [6.45, 7) is 6.99. The Morgan fingerprint density at radius 2 is 1.57 bits per heavy atom. The van der Waals surface area contributed by atoms with Crippen LogP contribution < -0.4 is 9.96 Å². The van der Waals surface area contributed by atoms with E-state index in [9.17, 15) is 10.0 Å². The third-order valence-electron chi connectivity index (χ3n) is 4.71. The van der Waals surface area contributed by atoms with Gasteiger partial charge in [-0.1, -0.05) is 0 Å². The SMILES string of the molecule is CC1(C)O[C@@H]2[C@@H](O1)[C@@H](C(=O)Oc1ccc([NH+]([O-])O)cc1)O[C@H]1OC(C)(C)O[C@@H]12.